The van der Waals surface area contributed by atoms with E-state index < -0.39 is 39.0 Å². The van der Waals surface area contributed by atoms with E-state index in [-0.39, 0.29) is 34.8 Å². The van der Waals surface area contributed by atoms with E-state index in [4.69, 9.17) is 4.74 Å². The Morgan fingerprint density at radius 1 is 1.00 bits per heavy atom. The summed E-state index contributed by atoms with van der Waals surface area (Å²) < 4.78 is 73.4. The number of phenols is 1. The van der Waals surface area contributed by atoms with Gasteiger partial charge in [-0.2, -0.15) is 13.2 Å². The van der Waals surface area contributed by atoms with Crippen LogP contribution in [0.5, 0.6) is 5.75 Å². The average molecular weight is 602 g/mol. The standard InChI is InChI=1S/C30H30F3N3O5S/c1-18(2)42(39,40)36-27-16-28(29(38)34-23(17-41-3)13-19-7-10-24(37)11-8-19)35-26-12-9-21(15-25(26)27)20-5-4-6-22(14-20)30(31,32)33/h4-12,14-16,18,23,37H,13,17H2,1-3H3,(H,34,38)(H,35,36). The molecule has 0 radical (unpaired) electrons. The molecule has 1 aromatic heterocycles. The van der Waals surface area contributed by atoms with Crippen molar-refractivity contribution in [1.82, 2.24) is 10.3 Å². The zero-order valence-electron chi connectivity index (χ0n) is 23.1. The number of amides is 1. The molecule has 0 fully saturated rings. The van der Waals surface area contributed by atoms with E-state index in [1.807, 2.05) is 0 Å². The van der Waals surface area contributed by atoms with E-state index in [1.54, 1.807) is 18.2 Å². The van der Waals surface area contributed by atoms with Gasteiger partial charge in [-0.05, 0) is 79.4 Å². The predicted molar refractivity (Wildman–Crippen MR) is 155 cm³/mol. The number of alkyl halides is 3. The Labute approximate surface area is 241 Å². The van der Waals surface area contributed by atoms with Crippen LogP contribution in [0.25, 0.3) is 22.0 Å². The molecule has 4 rings (SSSR count). The zero-order chi connectivity index (χ0) is 30.7. The summed E-state index contributed by atoms with van der Waals surface area (Å²) >= 11 is 0. The van der Waals surface area contributed by atoms with Crippen molar-refractivity contribution < 1.29 is 36.2 Å². The maximum Gasteiger partial charge on any atom is 0.416 e. The van der Waals surface area contributed by atoms with Gasteiger partial charge in [0.25, 0.3) is 5.91 Å². The Morgan fingerprint density at radius 2 is 1.69 bits per heavy atom. The van der Waals surface area contributed by atoms with Crippen molar-refractivity contribution in [3.8, 4) is 16.9 Å². The number of nitrogens with one attached hydrogen (secondary N) is 2. The molecule has 0 aliphatic rings. The lowest BCUT2D eigenvalue weighted by molar-refractivity contribution is -0.137. The van der Waals surface area contributed by atoms with Gasteiger partial charge in [-0.15, -0.1) is 0 Å². The lowest BCUT2D eigenvalue weighted by atomic mass is 10.00. The molecule has 0 aliphatic carbocycles. The summed E-state index contributed by atoms with van der Waals surface area (Å²) in [5.41, 5.74) is 0.978. The number of pyridine rings is 1. The number of anilines is 1. The molecule has 8 nitrogen and oxygen atoms in total. The smallest absolute Gasteiger partial charge is 0.416 e. The summed E-state index contributed by atoms with van der Waals surface area (Å²) in [6.45, 7) is 3.16. The summed E-state index contributed by atoms with van der Waals surface area (Å²) in [6.07, 6.45) is -4.14. The highest BCUT2D eigenvalue weighted by atomic mass is 32.2. The van der Waals surface area contributed by atoms with Crippen LogP contribution in [-0.4, -0.2) is 49.4 Å². The molecule has 1 unspecified atom stereocenters. The van der Waals surface area contributed by atoms with Gasteiger partial charge in [0, 0.05) is 12.5 Å². The zero-order valence-corrected chi connectivity index (χ0v) is 23.9. The van der Waals surface area contributed by atoms with Gasteiger partial charge in [-0.25, -0.2) is 13.4 Å². The van der Waals surface area contributed by atoms with E-state index in [1.165, 1.54) is 63.4 Å². The lowest BCUT2D eigenvalue weighted by Gasteiger charge is -2.19. The number of ether oxygens (including phenoxy) is 1. The van der Waals surface area contributed by atoms with E-state index in [9.17, 15) is 31.5 Å². The minimum Gasteiger partial charge on any atom is -0.508 e. The number of methoxy groups -OCH3 is 1. The van der Waals surface area contributed by atoms with Gasteiger partial charge in [0.15, 0.2) is 0 Å². The first-order valence-corrected chi connectivity index (χ1v) is 14.5. The summed E-state index contributed by atoms with van der Waals surface area (Å²) in [5.74, 6) is -0.469. The first-order valence-electron chi connectivity index (χ1n) is 13.0. The maximum absolute atomic E-state index is 13.3. The second kappa shape index (κ2) is 12.4. The monoisotopic (exact) mass is 601 g/mol. The van der Waals surface area contributed by atoms with E-state index in [0.717, 1.165) is 17.7 Å². The fourth-order valence-corrected chi connectivity index (χ4v) is 4.99. The van der Waals surface area contributed by atoms with E-state index in [2.05, 4.69) is 15.0 Å². The van der Waals surface area contributed by atoms with Gasteiger partial charge in [0.05, 0.1) is 34.7 Å². The molecule has 0 aliphatic heterocycles. The van der Waals surface area contributed by atoms with Crippen molar-refractivity contribution >= 4 is 32.5 Å². The fourth-order valence-electron chi connectivity index (χ4n) is 4.28. The Kier molecular flexibility index (Phi) is 9.07. The molecule has 3 aromatic carbocycles. The van der Waals surface area contributed by atoms with Crippen LogP contribution in [0.15, 0.2) is 72.8 Å². The second-order valence-corrected chi connectivity index (χ2v) is 12.3. The lowest BCUT2D eigenvalue weighted by Crippen LogP contribution is -2.40. The van der Waals surface area contributed by atoms with Crippen molar-refractivity contribution in [2.75, 3.05) is 18.4 Å². The number of nitrogens with zero attached hydrogens (tertiary/aromatic N) is 1. The molecule has 1 amide bonds. The molecular formula is C30H30F3N3O5S. The minimum atomic E-state index is -4.53. The third-order valence-corrected chi connectivity index (χ3v) is 8.30. The maximum atomic E-state index is 13.3. The highest BCUT2D eigenvalue weighted by Crippen LogP contribution is 2.34. The number of phenolic OH excluding ortho intramolecular Hbond substituents is 1. The van der Waals surface area contributed by atoms with Crippen molar-refractivity contribution in [2.45, 2.75) is 37.7 Å². The third kappa shape index (κ3) is 7.37. The van der Waals surface area contributed by atoms with Crippen LogP contribution in [0.2, 0.25) is 0 Å². The minimum absolute atomic E-state index is 0.0644. The van der Waals surface area contributed by atoms with Crippen molar-refractivity contribution in [3.63, 3.8) is 0 Å². The van der Waals surface area contributed by atoms with Crippen LogP contribution >= 0.6 is 0 Å². The molecule has 0 saturated heterocycles. The number of hydrogen-bond acceptors (Lipinski definition) is 6. The molecule has 222 valence electrons. The normalized spacial score (nSPS) is 12.8. The van der Waals surface area contributed by atoms with E-state index in [0.29, 0.717) is 17.4 Å². The predicted octanol–water partition coefficient (Wildman–Crippen LogP) is 5.76. The van der Waals surface area contributed by atoms with Crippen molar-refractivity contribution in [2.24, 2.45) is 0 Å². The molecule has 0 saturated carbocycles. The number of carbonyl (C=O) groups excluding carboxylic acids is 1. The molecule has 1 heterocycles. The van der Waals surface area contributed by atoms with Crippen molar-refractivity contribution in [1.29, 1.82) is 0 Å². The SMILES string of the molecule is COCC(Cc1ccc(O)cc1)NC(=O)c1cc(NS(=O)(=O)C(C)C)c2cc(-c3cccc(C(F)(F)F)c3)ccc2n1. The van der Waals surface area contributed by atoms with Crippen LogP contribution in [0.4, 0.5) is 18.9 Å². The van der Waals surface area contributed by atoms with Crippen LogP contribution < -0.4 is 10.0 Å². The largest absolute Gasteiger partial charge is 0.508 e. The van der Waals surface area contributed by atoms with Crippen molar-refractivity contribution in [3.05, 3.63) is 89.6 Å². The molecule has 12 heteroatoms. The van der Waals surface area contributed by atoms with Gasteiger partial charge in [0.1, 0.15) is 11.4 Å². The first-order chi connectivity index (χ1) is 19.8. The Morgan fingerprint density at radius 3 is 2.33 bits per heavy atom. The highest BCUT2D eigenvalue weighted by molar-refractivity contribution is 7.93. The van der Waals surface area contributed by atoms with Crippen LogP contribution in [-0.2, 0) is 27.4 Å². The number of halogens is 3. The molecule has 3 N–H and O–H groups in total. The summed E-state index contributed by atoms with van der Waals surface area (Å²) in [5, 5.41) is 11.9. The molecule has 0 spiro atoms. The van der Waals surface area contributed by atoms with Crippen LogP contribution in [0, 0.1) is 0 Å². The third-order valence-electron chi connectivity index (χ3n) is 6.56. The topological polar surface area (TPSA) is 118 Å². The number of sulfonamides is 1. The Balaban J connectivity index is 1.74. The molecule has 4 aromatic rings. The average Bonchev–Trinajstić information content (AvgIpc) is 2.93. The quantitative estimate of drug-likeness (QED) is 0.213. The number of rotatable bonds is 10. The Hall–Kier alpha value is -4.16. The fraction of sp³-hybridized carbons (Fsp3) is 0.267. The molecule has 0 bridgehead atoms. The van der Waals surface area contributed by atoms with Gasteiger partial charge < -0.3 is 15.2 Å². The molecule has 42 heavy (non-hydrogen) atoms. The number of aromatic nitrogens is 1. The Bertz CT molecular complexity index is 1690. The van der Waals surface area contributed by atoms with Gasteiger partial charge in [-0.1, -0.05) is 30.3 Å². The van der Waals surface area contributed by atoms with Crippen LogP contribution in [0.3, 0.4) is 0 Å². The van der Waals surface area contributed by atoms with E-state index >= 15 is 0 Å². The summed E-state index contributed by atoms with van der Waals surface area (Å²) in [7, 11) is -2.37. The highest BCUT2D eigenvalue weighted by Gasteiger charge is 2.30. The summed E-state index contributed by atoms with van der Waals surface area (Å²) in [6, 6.07) is 16.8. The number of aromatic hydroxyl groups is 1. The van der Waals surface area contributed by atoms with Gasteiger partial charge >= 0.3 is 6.18 Å². The number of carbonyl (C=O) groups is 1. The summed E-state index contributed by atoms with van der Waals surface area (Å²) in [4.78, 5) is 17.8. The van der Waals surface area contributed by atoms with Gasteiger partial charge in [0.2, 0.25) is 10.0 Å². The van der Waals surface area contributed by atoms with Gasteiger partial charge in [-0.3, -0.25) is 9.52 Å². The van der Waals surface area contributed by atoms with Crippen LogP contribution in [0.1, 0.15) is 35.5 Å². The number of hydrogen-bond donors (Lipinski definition) is 3. The number of fused-ring (bicyclic) bond motifs is 1. The molecule has 1 atom stereocenters. The first kappa shape index (κ1) is 30.8. The second-order valence-electron chi connectivity index (χ2n) is 10.1. The molecular weight excluding hydrogens is 571 g/mol. The number of benzene rings is 3.